The van der Waals surface area contributed by atoms with E-state index in [-0.39, 0.29) is 17.3 Å². The lowest BCUT2D eigenvalue weighted by molar-refractivity contribution is -0.301. The maximum atomic E-state index is 9.33. The average Bonchev–Trinajstić information content (AvgIpc) is 2.42. The van der Waals surface area contributed by atoms with Crippen molar-refractivity contribution in [2.45, 2.75) is 45.2 Å². The molecular weight excluding hydrogens is 324 g/mol. The number of allylic oxidation sites excluding steroid dienone is 3. The highest BCUT2D eigenvalue weighted by Gasteiger charge is 2.29. The lowest BCUT2D eigenvalue weighted by Gasteiger charge is -2.24. The Hall–Kier alpha value is -1.62. The number of aliphatic hydroxyl groups excluding tert-OH is 6. The molecule has 0 unspecified atom stereocenters. The van der Waals surface area contributed by atoms with Crippen molar-refractivity contribution in [1.29, 1.82) is 0 Å². The number of hydrogen-bond donors (Lipinski definition) is 6. The molecule has 0 radical (unpaired) electrons. The lowest BCUT2D eigenvalue weighted by Crippen LogP contribution is -2.46. The number of hydrogen-bond acceptors (Lipinski definition) is 9. The molecule has 0 aliphatic carbocycles. The maximum absolute atomic E-state index is 9.33. The van der Waals surface area contributed by atoms with Crippen LogP contribution < -0.4 is 15.3 Å². The first kappa shape index (κ1) is 30.3. The molecule has 0 spiro atoms. The third kappa shape index (κ3) is 37.0. The fourth-order valence-electron chi connectivity index (χ4n) is 0.671. The third-order valence-electron chi connectivity index (χ3n) is 1.51. The first-order valence-electron chi connectivity index (χ1n) is 6.65. The summed E-state index contributed by atoms with van der Waals surface area (Å²) in [6.45, 7) is 11.8. The Labute approximate surface area is 142 Å². The Morgan fingerprint density at radius 1 is 0.667 bits per heavy atom. The van der Waals surface area contributed by atoms with E-state index in [0.29, 0.717) is 0 Å². The predicted octanol–water partition coefficient (Wildman–Crippen LogP) is -3.94. The largest absolute Gasteiger partial charge is 0.876 e. The zero-order valence-corrected chi connectivity index (χ0v) is 14.3. The van der Waals surface area contributed by atoms with E-state index < -0.39 is 37.6 Å². The molecule has 24 heavy (non-hydrogen) atoms. The fourth-order valence-corrected chi connectivity index (χ4v) is 0.671. The van der Waals surface area contributed by atoms with Gasteiger partial charge in [0.2, 0.25) is 0 Å². The molecule has 0 bridgehead atoms. The highest BCUT2D eigenvalue weighted by atomic mass is 16.4. The van der Waals surface area contributed by atoms with Gasteiger partial charge in [-0.25, -0.2) is 0 Å². The van der Waals surface area contributed by atoms with Crippen LogP contribution in [-0.2, 0) is 0 Å². The van der Waals surface area contributed by atoms with Crippen molar-refractivity contribution in [3.05, 3.63) is 37.0 Å². The van der Waals surface area contributed by atoms with E-state index in [1.54, 1.807) is 0 Å². The van der Waals surface area contributed by atoms with Crippen LogP contribution in [0, 0.1) is 0 Å². The zero-order chi connectivity index (χ0) is 20.5. The monoisotopic (exact) mass is 353 g/mol. The molecule has 9 heteroatoms. The minimum Gasteiger partial charge on any atom is -0.876 e. The minimum absolute atomic E-state index is 0.0833. The van der Waals surface area contributed by atoms with Crippen LogP contribution in [0.4, 0.5) is 0 Å². The molecule has 0 heterocycles. The van der Waals surface area contributed by atoms with Crippen LogP contribution in [0.2, 0.25) is 0 Å². The van der Waals surface area contributed by atoms with E-state index in [9.17, 15) is 15.3 Å². The summed E-state index contributed by atoms with van der Waals surface area (Å²) in [6, 6.07) is 0. The number of rotatable bonds is 5. The van der Waals surface area contributed by atoms with E-state index in [1.165, 1.54) is 20.8 Å². The molecule has 0 aromatic carbocycles. The number of aliphatic hydroxyl groups is 6. The van der Waals surface area contributed by atoms with Gasteiger partial charge in [0, 0.05) is 0 Å². The summed E-state index contributed by atoms with van der Waals surface area (Å²) < 4.78 is 0. The van der Waals surface area contributed by atoms with Gasteiger partial charge in [0.05, 0.1) is 13.2 Å². The molecule has 0 amide bonds. The van der Waals surface area contributed by atoms with Crippen molar-refractivity contribution in [3.63, 3.8) is 0 Å². The van der Waals surface area contributed by atoms with Gasteiger partial charge in [0.1, 0.15) is 24.4 Å². The molecule has 0 aromatic heterocycles. The van der Waals surface area contributed by atoms with Crippen LogP contribution in [0.3, 0.4) is 0 Å². The summed E-state index contributed by atoms with van der Waals surface area (Å²) in [6.07, 6.45) is -6.39. The fraction of sp³-hybridized carbons (Fsp3) is 0.600. The normalized spacial score (nSPS) is 13.9. The Morgan fingerprint density at radius 3 is 0.875 bits per heavy atom. The van der Waals surface area contributed by atoms with Crippen molar-refractivity contribution < 1.29 is 46.0 Å². The molecule has 9 nitrogen and oxygen atoms in total. The van der Waals surface area contributed by atoms with Gasteiger partial charge in [-0.05, 0) is 0 Å². The SMILES string of the molecule is C=C(C)[O-].C=C(C)[O-].C=C(C)[O-].OC[C@@H](O)[C@@H](O)[C@H](O)[C@@H](O)CO. The molecule has 0 rings (SSSR count). The summed E-state index contributed by atoms with van der Waals surface area (Å²) in [5, 5.41) is 80.2. The van der Waals surface area contributed by atoms with Crippen LogP contribution in [0.15, 0.2) is 37.0 Å². The van der Waals surface area contributed by atoms with Crippen molar-refractivity contribution in [3.8, 4) is 0 Å². The summed E-state index contributed by atoms with van der Waals surface area (Å²) in [5.41, 5.74) is 0. The highest BCUT2D eigenvalue weighted by Crippen LogP contribution is 2.03. The van der Waals surface area contributed by atoms with Gasteiger partial charge in [-0.3, -0.25) is 0 Å². The van der Waals surface area contributed by atoms with Gasteiger partial charge in [-0.2, -0.15) is 0 Å². The Balaban J connectivity index is -0.000000137. The smallest absolute Gasteiger partial charge is 0.111 e. The molecule has 4 atom stereocenters. The molecule has 0 fully saturated rings. The predicted molar refractivity (Wildman–Crippen MR) is 82.6 cm³/mol. The molecular formula is C15H29O9-3. The molecule has 0 saturated heterocycles. The zero-order valence-electron chi connectivity index (χ0n) is 14.3. The Kier molecular flexibility index (Phi) is 24.5. The summed E-state index contributed by atoms with van der Waals surface area (Å²) in [7, 11) is 0. The lowest BCUT2D eigenvalue weighted by atomic mass is 10.0. The second-order valence-electron chi connectivity index (χ2n) is 4.59. The Morgan fingerprint density at radius 2 is 0.792 bits per heavy atom. The van der Waals surface area contributed by atoms with Crippen molar-refractivity contribution in [2.75, 3.05) is 13.2 Å². The van der Waals surface area contributed by atoms with Crippen LogP contribution in [0.1, 0.15) is 20.8 Å². The van der Waals surface area contributed by atoms with Crippen molar-refractivity contribution in [2.24, 2.45) is 0 Å². The van der Waals surface area contributed by atoms with Crippen LogP contribution in [0.5, 0.6) is 0 Å². The van der Waals surface area contributed by atoms with E-state index >= 15 is 0 Å². The van der Waals surface area contributed by atoms with E-state index in [0.717, 1.165) is 0 Å². The molecule has 0 aliphatic heterocycles. The van der Waals surface area contributed by atoms with Crippen molar-refractivity contribution >= 4 is 0 Å². The topological polar surface area (TPSA) is 191 Å². The molecule has 146 valence electrons. The van der Waals surface area contributed by atoms with Crippen molar-refractivity contribution in [1.82, 2.24) is 0 Å². The van der Waals surface area contributed by atoms with Gasteiger partial charge in [0.15, 0.2) is 0 Å². The maximum Gasteiger partial charge on any atom is 0.111 e. The molecule has 0 saturated carbocycles. The van der Waals surface area contributed by atoms with E-state index in [2.05, 4.69) is 19.7 Å². The van der Waals surface area contributed by atoms with Gasteiger partial charge in [0.25, 0.3) is 0 Å². The second-order valence-corrected chi connectivity index (χ2v) is 4.59. The Bertz CT molecular complexity index is 276. The van der Waals surface area contributed by atoms with Crippen LogP contribution in [0.25, 0.3) is 0 Å². The summed E-state index contributed by atoms with van der Waals surface area (Å²) in [4.78, 5) is 0. The highest BCUT2D eigenvalue weighted by molar-refractivity contribution is 4.79. The summed E-state index contributed by atoms with van der Waals surface area (Å²) in [5.74, 6) is -0.250. The van der Waals surface area contributed by atoms with E-state index in [1.807, 2.05) is 0 Å². The van der Waals surface area contributed by atoms with Gasteiger partial charge >= 0.3 is 0 Å². The molecule has 0 aliphatic rings. The van der Waals surface area contributed by atoms with Gasteiger partial charge in [-0.15, -0.1) is 37.0 Å². The quantitative estimate of drug-likeness (QED) is 0.268. The standard InChI is InChI=1S/C6H14O6.3C3H6O/c7-1-3(9)5(11)6(12)4(10)2-8;3*1-3(2)4/h3-12H,1-2H2;3*4H,1H2,2H3/p-3/t3-,4+,5-,6-;;;/m1.../s1. The molecule has 6 N–H and O–H groups in total. The van der Waals surface area contributed by atoms with E-state index in [4.69, 9.17) is 30.6 Å². The first-order valence-corrected chi connectivity index (χ1v) is 6.65. The van der Waals surface area contributed by atoms with Gasteiger partial charge < -0.3 is 46.0 Å². The van der Waals surface area contributed by atoms with Crippen LogP contribution >= 0.6 is 0 Å². The molecule has 0 aromatic rings. The second kappa shape index (κ2) is 19.4. The third-order valence-corrected chi connectivity index (χ3v) is 1.51. The minimum atomic E-state index is -1.67. The van der Waals surface area contributed by atoms with Gasteiger partial charge in [-0.1, -0.05) is 20.8 Å². The average molecular weight is 353 g/mol. The first-order chi connectivity index (χ1) is 10.7. The summed E-state index contributed by atoms with van der Waals surface area (Å²) >= 11 is 0. The van der Waals surface area contributed by atoms with Crippen LogP contribution in [-0.4, -0.2) is 68.3 Å².